The van der Waals surface area contributed by atoms with Crippen LogP contribution in [0.3, 0.4) is 0 Å². The van der Waals surface area contributed by atoms with Gasteiger partial charge in [0.05, 0.1) is 18.7 Å². The van der Waals surface area contributed by atoms with Crippen LogP contribution >= 0.6 is 11.6 Å². The maximum atomic E-state index is 13.1. The lowest BCUT2D eigenvalue weighted by Gasteiger charge is -2.24. The van der Waals surface area contributed by atoms with Crippen molar-refractivity contribution in [3.63, 3.8) is 0 Å². The van der Waals surface area contributed by atoms with Gasteiger partial charge in [-0.3, -0.25) is 14.4 Å². The maximum Gasteiger partial charge on any atom is 0.255 e. The van der Waals surface area contributed by atoms with Crippen LogP contribution in [0.15, 0.2) is 42.5 Å². The minimum Gasteiger partial charge on any atom is -0.491 e. The first-order valence-corrected chi connectivity index (χ1v) is 11.7. The number of halogens is 1. The molecule has 1 aliphatic carbocycles. The molecule has 2 aromatic carbocycles. The fraction of sp³-hybridized carbons (Fsp3) is 0.400. The lowest BCUT2D eigenvalue weighted by Crippen LogP contribution is -2.43. The molecule has 174 valence electrons. The largest absolute Gasteiger partial charge is 0.491 e. The van der Waals surface area contributed by atoms with Crippen LogP contribution in [-0.4, -0.2) is 55.4 Å². The number of amides is 3. The fourth-order valence-corrected chi connectivity index (χ4v) is 4.61. The highest BCUT2D eigenvalue weighted by Gasteiger charge is 2.27. The highest BCUT2D eigenvalue weighted by molar-refractivity contribution is 6.31. The lowest BCUT2D eigenvalue weighted by molar-refractivity contribution is -0.136. The smallest absolute Gasteiger partial charge is 0.255 e. The molecule has 3 amide bonds. The summed E-state index contributed by atoms with van der Waals surface area (Å²) in [5.74, 6) is 0.0416. The Hall–Kier alpha value is -3.06. The Balaban J connectivity index is 1.42. The monoisotopic (exact) mass is 469 g/mol. The van der Waals surface area contributed by atoms with Crippen LogP contribution in [0.1, 0.15) is 46.7 Å². The van der Waals surface area contributed by atoms with E-state index in [1.54, 1.807) is 23.1 Å². The molecule has 7 nitrogen and oxygen atoms in total. The van der Waals surface area contributed by atoms with Gasteiger partial charge < -0.3 is 20.3 Å². The second-order valence-corrected chi connectivity index (χ2v) is 8.84. The first kappa shape index (κ1) is 23.1. The van der Waals surface area contributed by atoms with Gasteiger partial charge in [-0.05, 0) is 54.5 Å². The summed E-state index contributed by atoms with van der Waals surface area (Å²) in [6.45, 7) is 1.20. The first-order chi connectivity index (χ1) is 16.0. The Kier molecular flexibility index (Phi) is 7.50. The molecule has 33 heavy (non-hydrogen) atoms. The molecule has 8 heteroatoms. The molecule has 0 saturated heterocycles. The fourth-order valence-electron chi connectivity index (χ4n) is 4.44. The highest BCUT2D eigenvalue weighted by atomic mass is 35.5. The van der Waals surface area contributed by atoms with E-state index in [1.807, 2.05) is 12.1 Å². The van der Waals surface area contributed by atoms with Crippen molar-refractivity contribution in [2.45, 2.75) is 31.6 Å². The summed E-state index contributed by atoms with van der Waals surface area (Å²) >= 11 is 6.05. The minimum atomic E-state index is -0.283. The van der Waals surface area contributed by atoms with Gasteiger partial charge in [-0.15, -0.1) is 0 Å². The van der Waals surface area contributed by atoms with Crippen molar-refractivity contribution >= 4 is 29.3 Å². The number of hydrogen-bond donors (Lipinski definition) is 2. The van der Waals surface area contributed by atoms with Crippen molar-refractivity contribution in [2.24, 2.45) is 0 Å². The summed E-state index contributed by atoms with van der Waals surface area (Å²) in [5.41, 5.74) is 2.88. The molecule has 4 rings (SSSR count). The third kappa shape index (κ3) is 5.85. The van der Waals surface area contributed by atoms with Crippen molar-refractivity contribution < 1.29 is 19.1 Å². The van der Waals surface area contributed by atoms with Gasteiger partial charge in [-0.1, -0.05) is 35.9 Å². The maximum absolute atomic E-state index is 13.1. The molecular formula is C25H28ClN3O4. The summed E-state index contributed by atoms with van der Waals surface area (Å²) in [4.78, 5) is 39.9. The van der Waals surface area contributed by atoms with Crippen LogP contribution in [0.2, 0.25) is 5.02 Å². The van der Waals surface area contributed by atoms with Crippen LogP contribution in [-0.2, 0) is 16.0 Å². The quantitative estimate of drug-likeness (QED) is 0.708. The highest BCUT2D eigenvalue weighted by Crippen LogP contribution is 2.35. The number of hydrogen-bond acceptors (Lipinski definition) is 4. The number of ether oxygens (including phenoxy) is 1. The third-order valence-corrected chi connectivity index (χ3v) is 6.36. The van der Waals surface area contributed by atoms with Crippen LogP contribution in [0.4, 0.5) is 0 Å². The summed E-state index contributed by atoms with van der Waals surface area (Å²) in [5, 5.41) is 6.10. The Labute approximate surface area is 198 Å². The molecule has 0 radical (unpaired) electrons. The number of nitrogens with zero attached hydrogens (tertiary/aromatic N) is 1. The van der Waals surface area contributed by atoms with Gasteiger partial charge in [0.2, 0.25) is 11.8 Å². The Morgan fingerprint density at radius 1 is 1.12 bits per heavy atom. The van der Waals surface area contributed by atoms with Gasteiger partial charge >= 0.3 is 0 Å². The van der Waals surface area contributed by atoms with E-state index in [0.717, 1.165) is 12.8 Å². The van der Waals surface area contributed by atoms with E-state index in [2.05, 4.69) is 22.8 Å². The molecule has 0 saturated carbocycles. The summed E-state index contributed by atoms with van der Waals surface area (Å²) < 4.78 is 5.69. The van der Waals surface area contributed by atoms with Gasteiger partial charge in [0.25, 0.3) is 5.91 Å². The van der Waals surface area contributed by atoms with Crippen molar-refractivity contribution in [1.29, 1.82) is 0 Å². The zero-order valence-electron chi connectivity index (χ0n) is 18.4. The average molecular weight is 470 g/mol. The van der Waals surface area contributed by atoms with E-state index < -0.39 is 0 Å². The number of carbonyl (C=O) groups excluding carboxylic acids is 3. The van der Waals surface area contributed by atoms with Crippen LogP contribution in [0.25, 0.3) is 0 Å². The second kappa shape index (κ2) is 10.7. The second-order valence-electron chi connectivity index (χ2n) is 8.40. The minimum absolute atomic E-state index is 0.00661. The van der Waals surface area contributed by atoms with Gasteiger partial charge in [0.1, 0.15) is 12.4 Å². The normalized spacial score (nSPS) is 19.4. The first-order valence-electron chi connectivity index (χ1n) is 11.3. The van der Waals surface area contributed by atoms with Gasteiger partial charge in [-0.2, -0.15) is 0 Å². The molecule has 2 aromatic rings. The molecule has 0 fully saturated rings. The van der Waals surface area contributed by atoms with Gasteiger partial charge in [0.15, 0.2) is 0 Å². The van der Waals surface area contributed by atoms with E-state index in [4.69, 9.17) is 16.3 Å². The molecule has 0 spiro atoms. The molecule has 1 aliphatic heterocycles. The number of fused-ring (bicyclic) bond motifs is 2. The average Bonchev–Trinajstić information content (AvgIpc) is 3.21. The number of rotatable bonds is 2. The third-order valence-electron chi connectivity index (χ3n) is 6.12. The zero-order valence-corrected chi connectivity index (χ0v) is 19.2. The van der Waals surface area contributed by atoms with E-state index in [1.165, 1.54) is 11.1 Å². The van der Waals surface area contributed by atoms with Crippen molar-refractivity contribution in [3.8, 4) is 5.75 Å². The number of aryl methyl sites for hydroxylation is 1. The SMILES string of the molecule is O=C1CN(C(=O)CC2CCc3ccccc32)CCCNC(=O)c2cc(Cl)ccc2OCCN1. The standard InChI is InChI=1S/C25H28ClN3O4/c26-19-8-9-22-21(15-19)25(32)28-10-3-12-29(16-23(30)27-11-13-33-22)24(31)14-18-7-6-17-4-1-2-5-20(17)18/h1-2,4-5,8-9,15,18H,3,6-7,10-14,16H2,(H,27,30)(H,28,32). The van der Waals surface area contributed by atoms with Crippen molar-refractivity contribution in [1.82, 2.24) is 15.5 Å². The predicted molar refractivity (Wildman–Crippen MR) is 126 cm³/mol. The summed E-state index contributed by atoms with van der Waals surface area (Å²) in [6, 6.07) is 13.1. The Bertz CT molecular complexity index is 1040. The number of carbonyl (C=O) groups is 3. The topological polar surface area (TPSA) is 87.7 Å². The Morgan fingerprint density at radius 2 is 1.97 bits per heavy atom. The molecule has 1 unspecified atom stereocenters. The number of benzene rings is 2. The van der Waals surface area contributed by atoms with E-state index >= 15 is 0 Å². The zero-order chi connectivity index (χ0) is 23.2. The van der Waals surface area contributed by atoms with Crippen LogP contribution < -0.4 is 15.4 Å². The molecule has 2 N–H and O–H groups in total. The number of nitrogens with one attached hydrogen (secondary N) is 2. The Morgan fingerprint density at radius 3 is 2.85 bits per heavy atom. The lowest BCUT2D eigenvalue weighted by atomic mass is 9.97. The predicted octanol–water partition coefficient (Wildman–Crippen LogP) is 2.92. The molecular weight excluding hydrogens is 442 g/mol. The van der Waals surface area contributed by atoms with Gasteiger partial charge in [-0.25, -0.2) is 0 Å². The van der Waals surface area contributed by atoms with Crippen molar-refractivity contribution in [3.05, 3.63) is 64.2 Å². The molecule has 0 aromatic heterocycles. The van der Waals surface area contributed by atoms with Crippen LogP contribution in [0.5, 0.6) is 5.75 Å². The molecule has 2 aliphatic rings. The molecule has 0 bridgehead atoms. The van der Waals surface area contributed by atoms with Crippen molar-refractivity contribution in [2.75, 3.05) is 32.8 Å². The van der Waals surface area contributed by atoms with E-state index in [9.17, 15) is 14.4 Å². The van der Waals surface area contributed by atoms with Gasteiger partial charge in [0, 0.05) is 24.5 Å². The van der Waals surface area contributed by atoms with E-state index in [0.29, 0.717) is 42.3 Å². The summed E-state index contributed by atoms with van der Waals surface area (Å²) in [7, 11) is 0. The molecule has 1 atom stereocenters. The molecule has 1 heterocycles. The van der Waals surface area contributed by atoms with Crippen LogP contribution in [0, 0.1) is 0 Å². The van der Waals surface area contributed by atoms with E-state index in [-0.39, 0.29) is 43.3 Å². The summed E-state index contributed by atoms with van der Waals surface area (Å²) in [6.07, 6.45) is 2.83.